The second kappa shape index (κ2) is 3.24. The summed E-state index contributed by atoms with van der Waals surface area (Å²) in [6.45, 7) is 0. The van der Waals surface area contributed by atoms with Crippen LogP contribution in [0.2, 0.25) is 0 Å². The first kappa shape index (κ1) is 10.4. The van der Waals surface area contributed by atoms with E-state index >= 15 is 0 Å². The summed E-state index contributed by atoms with van der Waals surface area (Å²) in [5.74, 6) is -3.48. The molecule has 0 aromatic heterocycles. The van der Waals surface area contributed by atoms with Crippen molar-refractivity contribution in [3.63, 3.8) is 0 Å². The standard InChI is InChI=1S/C8H8O6/c9-5-3-4(6(10)11)1-2-8(5,14)7(12)13/h1-3,5,9,14H,(H,10,11)(H,12,13)/p-2. The van der Waals surface area contributed by atoms with Gasteiger partial charge in [0.1, 0.15) is 6.10 Å². The number of aliphatic hydroxyl groups is 2. The van der Waals surface area contributed by atoms with Gasteiger partial charge in [-0.05, 0) is 17.7 Å². The third kappa shape index (κ3) is 1.52. The lowest BCUT2D eigenvalue weighted by Crippen LogP contribution is -2.55. The molecule has 6 nitrogen and oxygen atoms in total. The number of aliphatic carboxylic acids is 2. The molecule has 0 spiro atoms. The summed E-state index contributed by atoms with van der Waals surface area (Å²) < 4.78 is 0. The fraction of sp³-hybridized carbons (Fsp3) is 0.250. The molecular formula is C8H6O6-2. The van der Waals surface area contributed by atoms with E-state index in [4.69, 9.17) is 5.11 Å². The summed E-state index contributed by atoms with van der Waals surface area (Å²) in [7, 11) is 0. The van der Waals surface area contributed by atoms with E-state index in [-0.39, 0.29) is 0 Å². The number of carboxylic acids is 2. The van der Waals surface area contributed by atoms with Gasteiger partial charge >= 0.3 is 0 Å². The van der Waals surface area contributed by atoms with E-state index in [1.165, 1.54) is 0 Å². The molecule has 2 unspecified atom stereocenters. The maximum absolute atomic E-state index is 10.4. The first-order chi connectivity index (χ1) is 6.38. The predicted molar refractivity (Wildman–Crippen MR) is 38.2 cm³/mol. The molecule has 0 radical (unpaired) electrons. The molecule has 0 fully saturated rings. The third-order valence-corrected chi connectivity index (χ3v) is 1.87. The normalized spacial score (nSPS) is 31.0. The van der Waals surface area contributed by atoms with Crippen molar-refractivity contribution in [2.24, 2.45) is 0 Å². The first-order valence-corrected chi connectivity index (χ1v) is 3.62. The number of rotatable bonds is 2. The molecule has 0 aromatic rings. The Kier molecular flexibility index (Phi) is 2.41. The van der Waals surface area contributed by atoms with Gasteiger partial charge < -0.3 is 30.0 Å². The number of carboxylic acid groups (broad SMARTS) is 2. The average molecular weight is 198 g/mol. The van der Waals surface area contributed by atoms with Crippen LogP contribution in [0.1, 0.15) is 0 Å². The van der Waals surface area contributed by atoms with Gasteiger partial charge in [-0.3, -0.25) is 0 Å². The molecule has 1 aliphatic rings. The number of aliphatic hydroxyl groups excluding tert-OH is 1. The molecule has 6 heteroatoms. The lowest BCUT2D eigenvalue weighted by Gasteiger charge is -2.32. The molecule has 1 rings (SSSR count). The molecule has 2 N–H and O–H groups in total. The molecule has 0 saturated heterocycles. The van der Waals surface area contributed by atoms with Crippen LogP contribution in [0.4, 0.5) is 0 Å². The van der Waals surface area contributed by atoms with E-state index < -0.39 is 29.2 Å². The zero-order valence-electron chi connectivity index (χ0n) is 6.84. The Morgan fingerprint density at radius 2 is 2.00 bits per heavy atom. The summed E-state index contributed by atoms with van der Waals surface area (Å²) in [5, 5.41) is 39.1. The van der Waals surface area contributed by atoms with E-state index in [0.717, 1.165) is 6.08 Å². The molecule has 1 aliphatic carbocycles. The lowest BCUT2D eigenvalue weighted by molar-refractivity contribution is -0.325. The van der Waals surface area contributed by atoms with Gasteiger partial charge in [0.2, 0.25) is 0 Å². The van der Waals surface area contributed by atoms with Crippen molar-refractivity contribution in [3.05, 3.63) is 23.8 Å². The Labute approximate surface area is 78.4 Å². The molecule has 76 valence electrons. The molecule has 0 heterocycles. The van der Waals surface area contributed by atoms with Crippen LogP contribution in [0.15, 0.2) is 23.8 Å². The summed E-state index contributed by atoms with van der Waals surface area (Å²) in [6.07, 6.45) is 0.270. The average Bonchev–Trinajstić information content (AvgIpc) is 2.09. The molecule has 0 bridgehead atoms. The first-order valence-electron chi connectivity index (χ1n) is 3.62. The van der Waals surface area contributed by atoms with Crippen molar-refractivity contribution in [3.8, 4) is 0 Å². The van der Waals surface area contributed by atoms with Gasteiger partial charge in [-0.2, -0.15) is 0 Å². The molecule has 0 aliphatic heterocycles. The van der Waals surface area contributed by atoms with Gasteiger partial charge in [0, 0.05) is 0 Å². The topological polar surface area (TPSA) is 121 Å². The summed E-state index contributed by atoms with van der Waals surface area (Å²) >= 11 is 0. The Hall–Kier alpha value is -1.66. The van der Waals surface area contributed by atoms with Crippen LogP contribution in [0.5, 0.6) is 0 Å². The van der Waals surface area contributed by atoms with Gasteiger partial charge in [0.15, 0.2) is 5.60 Å². The number of carbonyl (C=O) groups excluding carboxylic acids is 2. The second-order valence-electron chi connectivity index (χ2n) is 2.80. The van der Waals surface area contributed by atoms with Crippen molar-refractivity contribution in [2.75, 3.05) is 0 Å². The zero-order valence-corrected chi connectivity index (χ0v) is 6.84. The molecule has 14 heavy (non-hydrogen) atoms. The summed E-state index contributed by atoms with van der Waals surface area (Å²) in [6, 6.07) is 0. The van der Waals surface area contributed by atoms with Crippen molar-refractivity contribution in [1.82, 2.24) is 0 Å². The highest BCUT2D eigenvalue weighted by molar-refractivity contribution is 5.90. The highest BCUT2D eigenvalue weighted by Crippen LogP contribution is 2.20. The van der Waals surface area contributed by atoms with Crippen molar-refractivity contribution >= 4 is 11.9 Å². The molecule has 0 saturated carbocycles. The molecular weight excluding hydrogens is 192 g/mol. The maximum Gasteiger partial charge on any atom is 0.152 e. The summed E-state index contributed by atoms with van der Waals surface area (Å²) in [5.41, 5.74) is -2.98. The zero-order chi connectivity index (χ0) is 10.9. The van der Waals surface area contributed by atoms with E-state index in [0.29, 0.717) is 12.2 Å². The molecule has 0 aromatic carbocycles. The minimum Gasteiger partial charge on any atom is -0.547 e. The van der Waals surface area contributed by atoms with Gasteiger partial charge in [-0.1, -0.05) is 6.08 Å². The lowest BCUT2D eigenvalue weighted by atomic mass is 9.89. The predicted octanol–water partition coefficient (Wildman–Crippen LogP) is -3.93. The van der Waals surface area contributed by atoms with Crippen LogP contribution >= 0.6 is 0 Å². The van der Waals surface area contributed by atoms with Crippen molar-refractivity contribution < 1.29 is 30.0 Å². The Morgan fingerprint density at radius 1 is 1.43 bits per heavy atom. The number of hydrogen-bond donors (Lipinski definition) is 2. The Balaban J connectivity index is 3.02. The van der Waals surface area contributed by atoms with Crippen LogP contribution < -0.4 is 10.2 Å². The van der Waals surface area contributed by atoms with Gasteiger partial charge in [-0.25, -0.2) is 0 Å². The second-order valence-corrected chi connectivity index (χ2v) is 2.80. The van der Waals surface area contributed by atoms with Crippen LogP contribution in [-0.2, 0) is 9.59 Å². The SMILES string of the molecule is O=C([O-])C1=CC(O)C(O)(C(=O)[O-])C=C1. The monoisotopic (exact) mass is 198 g/mol. The number of carbonyl (C=O) groups is 2. The van der Waals surface area contributed by atoms with Crippen LogP contribution in [0.3, 0.4) is 0 Å². The Bertz CT molecular complexity index is 342. The van der Waals surface area contributed by atoms with Gasteiger partial charge in [0.25, 0.3) is 0 Å². The number of hydrogen-bond acceptors (Lipinski definition) is 6. The fourth-order valence-electron chi connectivity index (χ4n) is 0.993. The fourth-order valence-corrected chi connectivity index (χ4v) is 0.993. The van der Waals surface area contributed by atoms with Crippen LogP contribution in [0.25, 0.3) is 0 Å². The summed E-state index contributed by atoms with van der Waals surface area (Å²) in [4.78, 5) is 20.7. The largest absolute Gasteiger partial charge is 0.547 e. The molecule has 0 amide bonds. The van der Waals surface area contributed by atoms with Crippen molar-refractivity contribution in [2.45, 2.75) is 11.7 Å². The van der Waals surface area contributed by atoms with Crippen molar-refractivity contribution in [1.29, 1.82) is 0 Å². The van der Waals surface area contributed by atoms with E-state index in [1.807, 2.05) is 0 Å². The highest BCUT2D eigenvalue weighted by atomic mass is 16.4. The highest BCUT2D eigenvalue weighted by Gasteiger charge is 2.35. The van der Waals surface area contributed by atoms with E-state index in [2.05, 4.69) is 0 Å². The van der Waals surface area contributed by atoms with Gasteiger partial charge in [0.05, 0.1) is 11.9 Å². The van der Waals surface area contributed by atoms with Crippen LogP contribution in [0, 0.1) is 0 Å². The van der Waals surface area contributed by atoms with Gasteiger partial charge in [-0.15, -0.1) is 0 Å². The third-order valence-electron chi connectivity index (χ3n) is 1.87. The Morgan fingerprint density at radius 3 is 2.36 bits per heavy atom. The quantitative estimate of drug-likeness (QED) is 0.467. The minimum absolute atomic E-state index is 0.400. The minimum atomic E-state index is -2.58. The van der Waals surface area contributed by atoms with E-state index in [1.54, 1.807) is 0 Å². The van der Waals surface area contributed by atoms with E-state index in [9.17, 15) is 24.9 Å². The van der Waals surface area contributed by atoms with Crippen LogP contribution in [-0.4, -0.2) is 33.9 Å². The smallest absolute Gasteiger partial charge is 0.152 e. The molecule has 2 atom stereocenters. The maximum atomic E-state index is 10.4.